The zero-order valence-corrected chi connectivity index (χ0v) is 16.1. The van der Waals surface area contributed by atoms with Crippen LogP contribution >= 0.6 is 11.8 Å². The Morgan fingerprint density at radius 2 is 1.81 bits per heavy atom. The molecule has 1 aromatic rings. The number of nitrogens with zero attached hydrogens (tertiary/aromatic N) is 1. The summed E-state index contributed by atoms with van der Waals surface area (Å²) in [4.78, 5) is 15.8. The normalized spacial score (nSPS) is 28.9. The first-order valence-corrected chi connectivity index (χ1v) is 9.81. The van der Waals surface area contributed by atoms with E-state index in [2.05, 4.69) is 5.32 Å². The molecule has 1 aromatic carbocycles. The van der Waals surface area contributed by atoms with Crippen LogP contribution in [0.1, 0.15) is 31.2 Å². The van der Waals surface area contributed by atoms with Crippen molar-refractivity contribution in [3.05, 3.63) is 22.6 Å². The maximum Gasteiger partial charge on any atom is 0.262 e. The van der Waals surface area contributed by atoms with Gasteiger partial charge in [0.25, 0.3) is 5.91 Å². The monoisotopic (exact) mass is 376 g/mol. The van der Waals surface area contributed by atoms with Crippen molar-refractivity contribution in [3.63, 3.8) is 0 Å². The molecule has 3 atom stereocenters. The molecule has 7 heteroatoms. The Hall–Kier alpha value is -1.86. The summed E-state index contributed by atoms with van der Waals surface area (Å²) >= 11 is 1.60. The molecule has 1 N–H and O–H groups in total. The van der Waals surface area contributed by atoms with E-state index in [-0.39, 0.29) is 11.4 Å². The van der Waals surface area contributed by atoms with Crippen LogP contribution in [-0.2, 0) is 4.79 Å². The number of ether oxygens (including phenoxy) is 3. The van der Waals surface area contributed by atoms with Gasteiger partial charge in [0.05, 0.1) is 26.2 Å². The van der Waals surface area contributed by atoms with Crippen molar-refractivity contribution in [1.29, 1.82) is 0 Å². The predicted molar refractivity (Wildman–Crippen MR) is 101 cm³/mol. The second-order valence-corrected chi connectivity index (χ2v) is 7.90. The molecule has 0 bridgehead atoms. The lowest BCUT2D eigenvalue weighted by Crippen LogP contribution is -2.40. The molecular formula is C19H24N2O4S. The molecule has 2 heterocycles. The number of carbonyl (C=O) groups is 1. The van der Waals surface area contributed by atoms with Gasteiger partial charge in [-0.3, -0.25) is 10.1 Å². The van der Waals surface area contributed by atoms with E-state index in [1.54, 1.807) is 33.1 Å². The zero-order valence-electron chi connectivity index (χ0n) is 15.3. The van der Waals surface area contributed by atoms with Crippen LogP contribution in [0.3, 0.4) is 0 Å². The van der Waals surface area contributed by atoms with Crippen LogP contribution in [0, 0.1) is 0 Å². The minimum absolute atomic E-state index is 0.0592. The number of methoxy groups -OCH3 is 3. The highest BCUT2D eigenvalue weighted by molar-refractivity contribution is 8.05. The molecular weight excluding hydrogens is 352 g/mol. The number of benzene rings is 1. The van der Waals surface area contributed by atoms with Gasteiger partial charge in [-0.05, 0) is 36.6 Å². The van der Waals surface area contributed by atoms with Crippen LogP contribution < -0.4 is 19.5 Å². The minimum Gasteiger partial charge on any atom is -0.493 e. The van der Waals surface area contributed by atoms with Gasteiger partial charge in [-0.15, -0.1) is 0 Å². The number of hydrogen-bond donors (Lipinski definition) is 1. The highest BCUT2D eigenvalue weighted by Crippen LogP contribution is 2.45. The van der Waals surface area contributed by atoms with Crippen molar-refractivity contribution in [2.24, 2.45) is 0 Å². The maximum absolute atomic E-state index is 13.0. The lowest BCUT2D eigenvalue weighted by atomic mass is 9.91. The summed E-state index contributed by atoms with van der Waals surface area (Å²) in [6.45, 7) is 0. The van der Waals surface area contributed by atoms with Crippen LogP contribution in [0.4, 0.5) is 0 Å². The van der Waals surface area contributed by atoms with Gasteiger partial charge in [0.15, 0.2) is 11.5 Å². The fraction of sp³-hybridized carbons (Fsp3) is 0.526. The number of carbonyl (C=O) groups excluding carboxylic acids is 1. The quantitative estimate of drug-likeness (QED) is 0.816. The van der Waals surface area contributed by atoms with E-state index >= 15 is 0 Å². The van der Waals surface area contributed by atoms with Gasteiger partial charge in [-0.25, -0.2) is 0 Å². The highest BCUT2D eigenvalue weighted by Gasteiger charge is 2.49. The number of amides is 1. The number of fused-ring (bicyclic) bond motifs is 3. The third-order valence-corrected chi connectivity index (χ3v) is 6.50. The van der Waals surface area contributed by atoms with Crippen molar-refractivity contribution in [3.8, 4) is 17.2 Å². The summed E-state index contributed by atoms with van der Waals surface area (Å²) in [5, 5.41) is 3.62. The van der Waals surface area contributed by atoms with E-state index in [0.717, 1.165) is 23.3 Å². The predicted octanol–water partition coefficient (Wildman–Crippen LogP) is 2.83. The summed E-state index contributed by atoms with van der Waals surface area (Å²) in [6.07, 6.45) is 6.63. The van der Waals surface area contributed by atoms with Crippen LogP contribution in [0.15, 0.2) is 17.0 Å². The molecule has 4 rings (SSSR count). The van der Waals surface area contributed by atoms with Crippen LogP contribution in [0.5, 0.6) is 17.2 Å². The van der Waals surface area contributed by atoms with Gasteiger partial charge in [-0.2, -0.15) is 0 Å². The fourth-order valence-corrected chi connectivity index (χ4v) is 5.41. The lowest BCUT2D eigenvalue weighted by Gasteiger charge is -2.29. The first-order valence-electron chi connectivity index (χ1n) is 8.93. The minimum atomic E-state index is 0.0592. The molecule has 0 aromatic heterocycles. The summed E-state index contributed by atoms with van der Waals surface area (Å²) in [5.41, 5.74) is 0.917. The van der Waals surface area contributed by atoms with E-state index in [9.17, 15) is 4.79 Å². The highest BCUT2D eigenvalue weighted by atomic mass is 32.2. The molecule has 1 saturated carbocycles. The largest absolute Gasteiger partial charge is 0.493 e. The van der Waals surface area contributed by atoms with Crippen LogP contribution in [0.2, 0.25) is 0 Å². The smallest absolute Gasteiger partial charge is 0.262 e. The second kappa shape index (κ2) is 7.04. The third-order valence-electron chi connectivity index (χ3n) is 5.36. The average Bonchev–Trinajstić information content (AvgIpc) is 3.17. The second-order valence-electron chi connectivity index (χ2n) is 6.77. The van der Waals surface area contributed by atoms with Crippen molar-refractivity contribution in [2.45, 2.75) is 43.3 Å². The Balaban J connectivity index is 1.63. The van der Waals surface area contributed by atoms with Gasteiger partial charge in [0, 0.05) is 12.1 Å². The summed E-state index contributed by atoms with van der Waals surface area (Å²) in [5.74, 6) is 1.84. The van der Waals surface area contributed by atoms with Gasteiger partial charge in [0.1, 0.15) is 5.50 Å². The topological polar surface area (TPSA) is 60.0 Å². The molecule has 3 aliphatic rings. The molecule has 3 unspecified atom stereocenters. The van der Waals surface area contributed by atoms with Crippen molar-refractivity contribution >= 4 is 23.7 Å². The molecule has 0 radical (unpaired) electrons. The Morgan fingerprint density at radius 1 is 1.12 bits per heavy atom. The number of thioether (sulfide) groups is 1. The standard InChI is InChI=1S/C19H24N2O4S/c1-23-14-8-11(9-15(24-2)17(14)25-3)10-16-18(22)21-13-7-5-4-6-12(13)20-19(21)26-16/h8-10,12-13,19-20H,4-7H2,1-3H3/b16-10-. The van der Waals surface area contributed by atoms with Gasteiger partial charge < -0.3 is 19.1 Å². The molecule has 140 valence electrons. The average molecular weight is 376 g/mol. The van der Waals surface area contributed by atoms with Gasteiger partial charge >= 0.3 is 0 Å². The summed E-state index contributed by atoms with van der Waals surface area (Å²) in [7, 11) is 4.76. The lowest BCUT2D eigenvalue weighted by molar-refractivity contribution is -0.127. The number of rotatable bonds is 4. The Labute approximate surface area is 157 Å². The van der Waals surface area contributed by atoms with Crippen LogP contribution in [0.25, 0.3) is 6.08 Å². The molecule has 26 heavy (non-hydrogen) atoms. The number of nitrogens with one attached hydrogen (secondary N) is 1. The van der Waals surface area contributed by atoms with E-state index in [1.807, 2.05) is 23.1 Å². The van der Waals surface area contributed by atoms with Gasteiger partial charge in [0.2, 0.25) is 5.75 Å². The molecule has 6 nitrogen and oxygen atoms in total. The molecule has 0 spiro atoms. The first kappa shape index (κ1) is 17.5. The van der Waals surface area contributed by atoms with Gasteiger partial charge in [-0.1, -0.05) is 24.6 Å². The Bertz CT molecular complexity index is 726. The van der Waals surface area contributed by atoms with E-state index in [1.165, 1.54) is 12.8 Å². The van der Waals surface area contributed by atoms with Crippen molar-refractivity contribution < 1.29 is 19.0 Å². The number of hydrogen-bond acceptors (Lipinski definition) is 6. The van der Waals surface area contributed by atoms with E-state index < -0.39 is 0 Å². The van der Waals surface area contributed by atoms with Crippen molar-refractivity contribution in [1.82, 2.24) is 10.2 Å². The first-order chi connectivity index (χ1) is 12.7. The Morgan fingerprint density at radius 3 is 2.46 bits per heavy atom. The SMILES string of the molecule is COc1cc(/C=C2\SC3NC4CCCCC4N3C2=O)cc(OC)c1OC. The van der Waals surface area contributed by atoms with Crippen LogP contribution in [-0.4, -0.2) is 49.7 Å². The molecule has 3 fully saturated rings. The summed E-state index contributed by atoms with van der Waals surface area (Å²) in [6, 6.07) is 4.51. The molecule has 2 aliphatic heterocycles. The van der Waals surface area contributed by atoms with Crippen molar-refractivity contribution in [2.75, 3.05) is 21.3 Å². The molecule has 2 saturated heterocycles. The fourth-order valence-electron chi connectivity index (χ4n) is 4.15. The molecule has 1 aliphatic carbocycles. The third kappa shape index (κ3) is 2.83. The maximum atomic E-state index is 13.0. The summed E-state index contributed by atoms with van der Waals surface area (Å²) < 4.78 is 16.2. The zero-order chi connectivity index (χ0) is 18.3. The molecule has 1 amide bonds. The van der Waals surface area contributed by atoms with E-state index in [4.69, 9.17) is 14.2 Å². The Kier molecular flexibility index (Phi) is 4.75. The van der Waals surface area contributed by atoms with E-state index in [0.29, 0.717) is 29.3 Å².